The molecule has 0 bridgehead atoms. The smallest absolute Gasteiger partial charge is 0.255 e. The normalized spacial score (nSPS) is 10.7. The summed E-state index contributed by atoms with van der Waals surface area (Å²) in [6.45, 7) is 0. The quantitative estimate of drug-likeness (QED) is 0.250. The summed E-state index contributed by atoms with van der Waals surface area (Å²) in [6, 6.07) is 27.3. The highest BCUT2D eigenvalue weighted by Gasteiger charge is 2.09. The van der Waals surface area contributed by atoms with E-state index in [2.05, 4.69) is 38.0 Å². The lowest BCUT2D eigenvalue weighted by atomic mass is 10.1. The van der Waals surface area contributed by atoms with Gasteiger partial charge in [0.2, 0.25) is 0 Å². The summed E-state index contributed by atoms with van der Waals surface area (Å²) in [5, 5.41) is 10.8. The predicted molar refractivity (Wildman–Crippen MR) is 151 cm³/mol. The van der Waals surface area contributed by atoms with Crippen molar-refractivity contribution in [3.8, 4) is 0 Å². The average Bonchev–Trinajstić information content (AvgIpc) is 2.91. The molecule has 0 spiro atoms. The summed E-state index contributed by atoms with van der Waals surface area (Å²) in [4.78, 5) is 19.3. The Balaban J connectivity index is 1.24. The molecule has 0 radical (unpaired) electrons. The molecular weight excluding hydrogens is 460 g/mol. The Hall–Kier alpha value is -4.91. The van der Waals surface area contributed by atoms with Gasteiger partial charge >= 0.3 is 0 Å². The van der Waals surface area contributed by atoms with E-state index < -0.39 is 0 Å². The molecule has 37 heavy (non-hydrogen) atoms. The molecule has 7 heteroatoms. The molecule has 5 rings (SSSR count). The molecular formula is C30H29N6O+. The molecule has 7 nitrogen and oxygen atoms in total. The van der Waals surface area contributed by atoms with E-state index in [1.165, 1.54) is 0 Å². The lowest BCUT2D eigenvalue weighted by Crippen LogP contribution is -2.25. The number of aryl methyl sites for hydroxylation is 1. The monoisotopic (exact) mass is 489 g/mol. The number of carbonyl (C=O) groups excluding carboxylic acids is 1. The third-order valence-corrected chi connectivity index (χ3v) is 6.08. The predicted octanol–water partition coefficient (Wildman–Crippen LogP) is 5.86. The molecule has 0 aliphatic rings. The fourth-order valence-corrected chi connectivity index (χ4v) is 3.97. The lowest BCUT2D eigenvalue weighted by Gasteiger charge is -2.15. The van der Waals surface area contributed by atoms with Crippen LogP contribution in [0, 0.1) is 0 Å². The molecule has 0 unspecified atom stereocenters. The minimum atomic E-state index is -0.159. The maximum Gasteiger partial charge on any atom is 0.255 e. The molecule has 184 valence electrons. The van der Waals surface area contributed by atoms with Gasteiger partial charge in [0.1, 0.15) is 7.05 Å². The second-order valence-corrected chi connectivity index (χ2v) is 9.07. The van der Waals surface area contributed by atoms with Gasteiger partial charge in [-0.05, 0) is 72.8 Å². The van der Waals surface area contributed by atoms with Gasteiger partial charge in [-0.3, -0.25) is 9.78 Å². The largest absolute Gasteiger partial charge is 0.378 e. The first-order valence-electron chi connectivity index (χ1n) is 12.0. The van der Waals surface area contributed by atoms with Crippen molar-refractivity contribution in [1.29, 1.82) is 0 Å². The van der Waals surface area contributed by atoms with Crippen LogP contribution in [-0.4, -0.2) is 25.0 Å². The number of amides is 1. The van der Waals surface area contributed by atoms with E-state index in [1.54, 1.807) is 6.20 Å². The second-order valence-electron chi connectivity index (χ2n) is 9.07. The van der Waals surface area contributed by atoms with E-state index in [9.17, 15) is 4.79 Å². The van der Waals surface area contributed by atoms with Crippen molar-refractivity contribution in [3.63, 3.8) is 0 Å². The minimum absolute atomic E-state index is 0.159. The maximum atomic E-state index is 12.8. The molecule has 0 aliphatic heterocycles. The summed E-state index contributed by atoms with van der Waals surface area (Å²) >= 11 is 0. The zero-order valence-corrected chi connectivity index (χ0v) is 21.1. The Morgan fingerprint density at radius 1 is 0.757 bits per heavy atom. The van der Waals surface area contributed by atoms with E-state index in [0.717, 1.165) is 45.0 Å². The van der Waals surface area contributed by atoms with Crippen LogP contribution >= 0.6 is 0 Å². The molecule has 0 fully saturated rings. The average molecular weight is 490 g/mol. The van der Waals surface area contributed by atoms with Gasteiger partial charge < -0.3 is 20.9 Å². The van der Waals surface area contributed by atoms with Gasteiger partial charge in [0, 0.05) is 71.8 Å². The van der Waals surface area contributed by atoms with E-state index in [0.29, 0.717) is 5.56 Å². The van der Waals surface area contributed by atoms with Crippen molar-refractivity contribution in [2.24, 2.45) is 7.05 Å². The molecule has 2 heterocycles. The number of nitrogens with zero attached hydrogens (tertiary/aromatic N) is 3. The number of aromatic nitrogens is 2. The SMILES string of the molecule is CN(C)c1ccc2nccc(Nc3ccc(C(=O)Nc4ccc(Nc5cc[n+](C)cc5)cc4)cc3)c2c1. The van der Waals surface area contributed by atoms with Crippen LogP contribution in [0.15, 0.2) is 104 Å². The van der Waals surface area contributed by atoms with Crippen molar-refractivity contribution >= 4 is 50.9 Å². The first-order valence-corrected chi connectivity index (χ1v) is 12.0. The zero-order chi connectivity index (χ0) is 25.8. The standard InChI is InChI=1S/C30H28N6O/c1-35(2)26-12-13-28-27(20-26)29(14-17-31-28)33-23-6-4-21(5-7-23)30(37)34-24-10-8-22(9-11-24)32-25-15-18-36(3)19-16-25/h4-20H,1-3H3,(H2,31,33,34,37)/p+1. The summed E-state index contributed by atoms with van der Waals surface area (Å²) in [5.41, 5.74) is 7.15. The van der Waals surface area contributed by atoms with E-state index in [1.807, 2.05) is 111 Å². The molecule has 0 saturated carbocycles. The molecule has 3 N–H and O–H groups in total. The van der Waals surface area contributed by atoms with Crippen molar-refractivity contribution in [1.82, 2.24) is 4.98 Å². The number of hydrogen-bond acceptors (Lipinski definition) is 5. The minimum Gasteiger partial charge on any atom is -0.378 e. The van der Waals surface area contributed by atoms with Crippen LogP contribution in [0.3, 0.4) is 0 Å². The summed E-state index contributed by atoms with van der Waals surface area (Å²) in [5.74, 6) is -0.159. The Kier molecular flexibility index (Phi) is 6.68. The molecule has 5 aromatic rings. The third kappa shape index (κ3) is 5.67. The molecule has 2 aromatic heterocycles. The van der Waals surface area contributed by atoms with Crippen molar-refractivity contribution < 1.29 is 9.36 Å². The van der Waals surface area contributed by atoms with Crippen LogP contribution in [0.5, 0.6) is 0 Å². The molecule has 3 aromatic carbocycles. The second kappa shape index (κ2) is 10.4. The zero-order valence-electron chi connectivity index (χ0n) is 21.1. The van der Waals surface area contributed by atoms with E-state index in [-0.39, 0.29) is 5.91 Å². The molecule has 1 amide bonds. The number of rotatable bonds is 7. The van der Waals surface area contributed by atoms with Gasteiger partial charge in [-0.2, -0.15) is 0 Å². The van der Waals surface area contributed by atoms with Crippen molar-refractivity contribution in [2.45, 2.75) is 0 Å². The summed E-state index contributed by atoms with van der Waals surface area (Å²) in [6.07, 6.45) is 5.76. The number of hydrogen-bond donors (Lipinski definition) is 3. The number of pyridine rings is 2. The van der Waals surface area contributed by atoms with Crippen LogP contribution in [0.4, 0.5) is 34.1 Å². The fourth-order valence-electron chi connectivity index (χ4n) is 3.97. The van der Waals surface area contributed by atoms with Gasteiger partial charge in [0.05, 0.1) is 11.2 Å². The van der Waals surface area contributed by atoms with Crippen LogP contribution in [-0.2, 0) is 7.05 Å². The maximum absolute atomic E-state index is 12.8. The molecule has 0 atom stereocenters. The summed E-state index contributed by atoms with van der Waals surface area (Å²) < 4.78 is 1.98. The van der Waals surface area contributed by atoms with Gasteiger partial charge in [-0.15, -0.1) is 0 Å². The number of anilines is 6. The number of nitrogens with one attached hydrogen (secondary N) is 3. The van der Waals surface area contributed by atoms with E-state index in [4.69, 9.17) is 0 Å². The Morgan fingerprint density at radius 2 is 1.38 bits per heavy atom. The van der Waals surface area contributed by atoms with Gasteiger partial charge in [0.25, 0.3) is 5.91 Å². The number of carbonyl (C=O) groups is 1. The van der Waals surface area contributed by atoms with Crippen molar-refractivity contribution in [2.75, 3.05) is 34.9 Å². The van der Waals surface area contributed by atoms with Gasteiger partial charge in [0.15, 0.2) is 12.4 Å². The molecule has 0 aliphatic carbocycles. The Labute approximate surface area is 216 Å². The van der Waals surface area contributed by atoms with Crippen LogP contribution in [0.2, 0.25) is 0 Å². The summed E-state index contributed by atoms with van der Waals surface area (Å²) in [7, 11) is 6.02. The van der Waals surface area contributed by atoms with E-state index >= 15 is 0 Å². The van der Waals surface area contributed by atoms with Gasteiger partial charge in [-0.25, -0.2) is 4.57 Å². The topological polar surface area (TPSA) is 73.2 Å². The highest BCUT2D eigenvalue weighted by atomic mass is 16.1. The number of fused-ring (bicyclic) bond motifs is 1. The molecule has 0 saturated heterocycles. The first-order chi connectivity index (χ1) is 17.9. The van der Waals surface area contributed by atoms with Crippen LogP contribution in [0.25, 0.3) is 10.9 Å². The lowest BCUT2D eigenvalue weighted by molar-refractivity contribution is -0.671. The first kappa shape index (κ1) is 23.8. The number of benzene rings is 3. The fraction of sp³-hybridized carbons (Fsp3) is 0.100. The highest BCUT2D eigenvalue weighted by Crippen LogP contribution is 2.28. The Morgan fingerprint density at radius 3 is 2.08 bits per heavy atom. The van der Waals surface area contributed by atoms with Crippen LogP contribution < -0.4 is 25.4 Å². The Bertz CT molecular complexity index is 1530. The van der Waals surface area contributed by atoms with Crippen molar-refractivity contribution in [3.05, 3.63) is 109 Å². The van der Waals surface area contributed by atoms with Crippen LogP contribution in [0.1, 0.15) is 10.4 Å². The highest BCUT2D eigenvalue weighted by molar-refractivity contribution is 6.04. The third-order valence-electron chi connectivity index (χ3n) is 6.08. The van der Waals surface area contributed by atoms with Gasteiger partial charge in [-0.1, -0.05) is 0 Å².